The average molecular weight is 366 g/mol. The fraction of sp³-hybridized carbons (Fsp3) is 0.526. The van der Waals surface area contributed by atoms with Gasteiger partial charge in [0.15, 0.2) is 5.60 Å². The molecule has 4 atom stereocenters. The van der Waals surface area contributed by atoms with E-state index in [1.807, 2.05) is 0 Å². The van der Waals surface area contributed by atoms with Gasteiger partial charge in [-0.2, -0.15) is 0 Å². The van der Waals surface area contributed by atoms with Gasteiger partial charge in [-0.25, -0.2) is 4.79 Å². The molecule has 0 saturated carbocycles. The van der Waals surface area contributed by atoms with E-state index in [4.69, 9.17) is 21.0 Å². The first kappa shape index (κ1) is 22.1. The Morgan fingerprint density at radius 2 is 1.92 bits per heavy atom. The van der Waals surface area contributed by atoms with Crippen LogP contribution in [0, 0.1) is 12.3 Å². The van der Waals surface area contributed by atoms with Crippen molar-refractivity contribution in [1.82, 2.24) is 0 Å². The molecule has 0 spiro atoms. The standard InChI is InChI=1S/C19H26O7/c1-4-14-5-7-15(8-6-14)11-25-12-16(22)17(13(2)21)26-19(3,9-10-20)18(23)24/h1,5-8,13,16-17,20-22H,9-12H2,2-3H3,(H,23,24)/t13-,16-,17?,19?/m1/s1. The second-order valence-electron chi connectivity index (χ2n) is 6.26. The Balaban J connectivity index is 2.65. The first-order chi connectivity index (χ1) is 12.2. The van der Waals surface area contributed by atoms with Crippen molar-refractivity contribution in [3.63, 3.8) is 0 Å². The zero-order valence-electron chi connectivity index (χ0n) is 15.0. The number of hydrogen-bond donors (Lipinski definition) is 4. The molecule has 0 aliphatic heterocycles. The average Bonchev–Trinajstić information content (AvgIpc) is 2.60. The van der Waals surface area contributed by atoms with E-state index in [1.165, 1.54) is 13.8 Å². The van der Waals surface area contributed by atoms with Crippen molar-refractivity contribution < 1.29 is 34.7 Å². The molecule has 1 rings (SSSR count). The monoisotopic (exact) mass is 366 g/mol. The van der Waals surface area contributed by atoms with E-state index in [1.54, 1.807) is 24.3 Å². The summed E-state index contributed by atoms with van der Waals surface area (Å²) in [4.78, 5) is 11.4. The first-order valence-corrected chi connectivity index (χ1v) is 8.25. The van der Waals surface area contributed by atoms with Crippen LogP contribution in [0.3, 0.4) is 0 Å². The van der Waals surface area contributed by atoms with E-state index < -0.39 is 36.5 Å². The Kier molecular flexibility index (Phi) is 8.72. The molecule has 0 bridgehead atoms. The summed E-state index contributed by atoms with van der Waals surface area (Å²) in [5.74, 6) is 1.21. The quantitative estimate of drug-likeness (QED) is 0.422. The van der Waals surface area contributed by atoms with Crippen molar-refractivity contribution in [1.29, 1.82) is 0 Å². The lowest BCUT2D eigenvalue weighted by Gasteiger charge is -2.34. The molecule has 144 valence electrons. The number of benzene rings is 1. The SMILES string of the molecule is C#Cc1ccc(COC[C@@H](O)C(OC(C)(CCO)C(=O)O)[C@@H](C)O)cc1. The Hall–Kier alpha value is -1.95. The molecule has 7 heteroatoms. The van der Waals surface area contributed by atoms with Crippen LogP contribution in [-0.4, -0.2) is 63.5 Å². The van der Waals surface area contributed by atoms with Crippen LogP contribution in [-0.2, 0) is 20.9 Å². The summed E-state index contributed by atoms with van der Waals surface area (Å²) in [5, 5.41) is 38.5. The predicted molar refractivity (Wildman–Crippen MR) is 94.3 cm³/mol. The lowest BCUT2D eigenvalue weighted by molar-refractivity contribution is -0.199. The summed E-state index contributed by atoms with van der Waals surface area (Å²) in [6.45, 7) is 2.30. The van der Waals surface area contributed by atoms with Crippen molar-refractivity contribution in [2.24, 2.45) is 0 Å². The molecule has 0 aliphatic carbocycles. The smallest absolute Gasteiger partial charge is 0.335 e. The molecule has 0 saturated heterocycles. The fourth-order valence-corrected chi connectivity index (χ4v) is 2.32. The number of carboxylic acid groups (broad SMARTS) is 1. The summed E-state index contributed by atoms with van der Waals surface area (Å²) >= 11 is 0. The maximum atomic E-state index is 11.4. The Morgan fingerprint density at radius 1 is 1.31 bits per heavy atom. The van der Waals surface area contributed by atoms with Crippen molar-refractivity contribution >= 4 is 5.97 Å². The van der Waals surface area contributed by atoms with Gasteiger partial charge in [0.05, 0.1) is 19.3 Å². The van der Waals surface area contributed by atoms with Gasteiger partial charge in [-0.15, -0.1) is 6.42 Å². The largest absolute Gasteiger partial charge is 0.479 e. The molecule has 4 N–H and O–H groups in total. The number of hydrogen-bond acceptors (Lipinski definition) is 6. The van der Waals surface area contributed by atoms with Crippen molar-refractivity contribution in [3.05, 3.63) is 35.4 Å². The number of carbonyl (C=O) groups is 1. The number of rotatable bonds is 11. The number of aliphatic carboxylic acids is 1. The topological polar surface area (TPSA) is 116 Å². The van der Waals surface area contributed by atoms with Gasteiger partial charge in [0.25, 0.3) is 0 Å². The highest BCUT2D eigenvalue weighted by molar-refractivity contribution is 5.76. The zero-order valence-corrected chi connectivity index (χ0v) is 15.0. The Bertz CT molecular complexity index is 605. The van der Waals surface area contributed by atoms with Gasteiger partial charge in [-0.1, -0.05) is 18.1 Å². The van der Waals surface area contributed by atoms with E-state index in [9.17, 15) is 20.1 Å². The molecule has 0 aromatic heterocycles. The van der Waals surface area contributed by atoms with Crippen LogP contribution >= 0.6 is 0 Å². The molecular formula is C19H26O7. The number of aliphatic hydroxyl groups excluding tert-OH is 3. The van der Waals surface area contributed by atoms with Gasteiger partial charge in [-0.3, -0.25) is 0 Å². The van der Waals surface area contributed by atoms with Gasteiger partial charge in [-0.05, 0) is 31.5 Å². The Labute approximate surface area is 153 Å². The highest BCUT2D eigenvalue weighted by atomic mass is 16.6. The van der Waals surface area contributed by atoms with Crippen LogP contribution in [0.1, 0.15) is 31.4 Å². The zero-order chi connectivity index (χ0) is 19.7. The molecule has 0 fully saturated rings. The third kappa shape index (κ3) is 6.41. The van der Waals surface area contributed by atoms with E-state index in [0.29, 0.717) is 0 Å². The maximum absolute atomic E-state index is 11.4. The summed E-state index contributed by atoms with van der Waals surface area (Å²) in [6.07, 6.45) is 1.53. The van der Waals surface area contributed by atoms with Gasteiger partial charge in [0.2, 0.25) is 0 Å². The molecule has 1 aromatic rings. The van der Waals surface area contributed by atoms with Gasteiger partial charge < -0.3 is 29.9 Å². The molecule has 0 radical (unpaired) electrons. The number of ether oxygens (including phenoxy) is 2. The van der Waals surface area contributed by atoms with Crippen LogP contribution in [0.25, 0.3) is 0 Å². The summed E-state index contributed by atoms with van der Waals surface area (Å²) in [6, 6.07) is 7.13. The minimum atomic E-state index is -1.73. The van der Waals surface area contributed by atoms with Crippen LogP contribution in [0.15, 0.2) is 24.3 Å². The van der Waals surface area contributed by atoms with Gasteiger partial charge >= 0.3 is 5.97 Å². The number of aliphatic hydroxyl groups is 3. The van der Waals surface area contributed by atoms with Crippen LogP contribution < -0.4 is 0 Å². The van der Waals surface area contributed by atoms with E-state index in [-0.39, 0.29) is 19.6 Å². The number of terminal acetylenes is 1. The third-order valence-corrected chi connectivity index (χ3v) is 3.97. The molecule has 0 amide bonds. The summed E-state index contributed by atoms with van der Waals surface area (Å²) in [7, 11) is 0. The van der Waals surface area contributed by atoms with Crippen LogP contribution in [0.4, 0.5) is 0 Å². The minimum Gasteiger partial charge on any atom is -0.479 e. The van der Waals surface area contributed by atoms with Crippen molar-refractivity contribution in [3.8, 4) is 12.3 Å². The van der Waals surface area contributed by atoms with Gasteiger partial charge in [0, 0.05) is 18.6 Å². The molecule has 2 unspecified atom stereocenters. The molecular weight excluding hydrogens is 340 g/mol. The second-order valence-corrected chi connectivity index (χ2v) is 6.26. The van der Waals surface area contributed by atoms with E-state index >= 15 is 0 Å². The first-order valence-electron chi connectivity index (χ1n) is 8.25. The molecule has 0 aliphatic rings. The lowest BCUT2D eigenvalue weighted by Crippen LogP contribution is -2.50. The normalized spacial score (nSPS) is 16.9. The highest BCUT2D eigenvalue weighted by Crippen LogP contribution is 2.22. The minimum absolute atomic E-state index is 0.165. The lowest BCUT2D eigenvalue weighted by atomic mass is 10.0. The molecule has 7 nitrogen and oxygen atoms in total. The third-order valence-electron chi connectivity index (χ3n) is 3.97. The van der Waals surface area contributed by atoms with Crippen molar-refractivity contribution in [2.75, 3.05) is 13.2 Å². The summed E-state index contributed by atoms with van der Waals surface area (Å²) < 4.78 is 10.9. The van der Waals surface area contributed by atoms with Crippen LogP contribution in [0.2, 0.25) is 0 Å². The van der Waals surface area contributed by atoms with Crippen LogP contribution in [0.5, 0.6) is 0 Å². The maximum Gasteiger partial charge on any atom is 0.335 e. The predicted octanol–water partition coefficient (Wildman–Crippen LogP) is 0.537. The second kappa shape index (κ2) is 10.3. The molecule has 0 heterocycles. The van der Waals surface area contributed by atoms with Crippen molar-refractivity contribution in [2.45, 2.75) is 50.8 Å². The van der Waals surface area contributed by atoms with E-state index in [0.717, 1.165) is 11.1 Å². The molecule has 26 heavy (non-hydrogen) atoms. The fourth-order valence-electron chi connectivity index (χ4n) is 2.32. The Morgan fingerprint density at radius 3 is 2.38 bits per heavy atom. The summed E-state index contributed by atoms with van der Waals surface area (Å²) in [5.41, 5.74) is -0.142. The highest BCUT2D eigenvalue weighted by Gasteiger charge is 2.40. The molecule has 1 aromatic carbocycles. The van der Waals surface area contributed by atoms with E-state index in [2.05, 4.69) is 5.92 Å². The van der Waals surface area contributed by atoms with Gasteiger partial charge in [0.1, 0.15) is 12.2 Å². The number of carboxylic acids is 1.